The second-order valence-corrected chi connectivity index (χ2v) is 8.55. The summed E-state index contributed by atoms with van der Waals surface area (Å²) < 4.78 is 25.4. The van der Waals surface area contributed by atoms with Crippen molar-refractivity contribution in [2.75, 3.05) is 10.6 Å². The van der Waals surface area contributed by atoms with E-state index in [1.165, 1.54) is 25.1 Å². The largest absolute Gasteiger partial charge is 0.352 e. The topological polar surface area (TPSA) is 66.5 Å². The van der Waals surface area contributed by atoms with Crippen LogP contribution in [-0.4, -0.2) is 32.7 Å². The molecule has 2 atom stereocenters. The Kier molecular flexibility index (Phi) is 6.74. The van der Waals surface area contributed by atoms with Gasteiger partial charge in [0.1, 0.15) is 6.04 Å². The fraction of sp³-hybridized carbons (Fsp3) is 0.533. The number of carbonyl (C=O) groups is 1. The molecule has 0 aliphatic rings. The van der Waals surface area contributed by atoms with Gasteiger partial charge in [0.25, 0.3) is 0 Å². The van der Waals surface area contributed by atoms with Crippen LogP contribution in [0.1, 0.15) is 27.7 Å². The molecule has 0 heterocycles. The average Bonchev–Trinajstić information content (AvgIpc) is 2.41. The molecule has 1 N–H and O–H groups in total. The summed E-state index contributed by atoms with van der Waals surface area (Å²) in [4.78, 5) is 12.4. The molecule has 0 fully saturated rings. The van der Waals surface area contributed by atoms with E-state index in [9.17, 15) is 13.2 Å². The van der Waals surface area contributed by atoms with Gasteiger partial charge in [0.15, 0.2) is 0 Å². The van der Waals surface area contributed by atoms with Crippen molar-refractivity contribution in [1.29, 1.82) is 0 Å². The fourth-order valence-corrected chi connectivity index (χ4v) is 3.40. The van der Waals surface area contributed by atoms with Crippen molar-refractivity contribution in [2.45, 2.75) is 39.8 Å². The Labute approximate surface area is 148 Å². The lowest BCUT2D eigenvalue weighted by atomic mass is 10.1. The zero-order valence-electron chi connectivity index (χ0n) is 13.8. The summed E-state index contributed by atoms with van der Waals surface area (Å²) >= 11 is 11.8. The van der Waals surface area contributed by atoms with E-state index in [0.29, 0.717) is 10.7 Å². The van der Waals surface area contributed by atoms with Crippen LogP contribution in [-0.2, 0) is 14.8 Å². The highest BCUT2D eigenvalue weighted by molar-refractivity contribution is 7.92. The van der Waals surface area contributed by atoms with Crippen molar-refractivity contribution in [2.24, 2.45) is 5.92 Å². The van der Waals surface area contributed by atoms with Gasteiger partial charge in [-0.15, -0.1) is 0 Å². The van der Waals surface area contributed by atoms with Gasteiger partial charge in [0.05, 0.1) is 22.0 Å². The molecule has 23 heavy (non-hydrogen) atoms. The highest BCUT2D eigenvalue weighted by Crippen LogP contribution is 2.29. The molecule has 0 spiro atoms. The Balaban J connectivity index is 3.17. The predicted octanol–water partition coefficient (Wildman–Crippen LogP) is 3.31. The van der Waals surface area contributed by atoms with Gasteiger partial charge in [0, 0.05) is 6.04 Å². The molecule has 0 aliphatic carbocycles. The van der Waals surface area contributed by atoms with E-state index in [4.69, 9.17) is 23.2 Å². The van der Waals surface area contributed by atoms with Gasteiger partial charge < -0.3 is 5.32 Å². The van der Waals surface area contributed by atoms with Crippen LogP contribution in [0.5, 0.6) is 0 Å². The number of benzene rings is 1. The number of nitrogens with one attached hydrogen (secondary N) is 1. The quantitative estimate of drug-likeness (QED) is 0.822. The molecule has 0 bridgehead atoms. The van der Waals surface area contributed by atoms with Gasteiger partial charge >= 0.3 is 0 Å². The Bertz CT molecular complexity index is 677. The number of amides is 1. The van der Waals surface area contributed by atoms with Crippen molar-refractivity contribution in [1.82, 2.24) is 5.32 Å². The van der Waals surface area contributed by atoms with E-state index in [0.717, 1.165) is 10.6 Å². The maximum atomic E-state index is 12.4. The molecule has 0 saturated heterocycles. The standard InChI is InChI=1S/C15H22Cl2N2O3S/c1-9(2)10(3)18-15(20)11(4)19(23(5,21)22)12-6-7-13(16)14(17)8-12/h6-11H,1-5H3,(H,18,20)/t10-,11-/m0/s1. The number of hydrogen-bond acceptors (Lipinski definition) is 3. The lowest BCUT2D eigenvalue weighted by Crippen LogP contribution is -2.50. The minimum Gasteiger partial charge on any atom is -0.352 e. The van der Waals surface area contributed by atoms with Crippen molar-refractivity contribution >= 4 is 44.8 Å². The Morgan fingerprint density at radius 3 is 2.13 bits per heavy atom. The molecule has 5 nitrogen and oxygen atoms in total. The van der Waals surface area contributed by atoms with Crippen LogP contribution in [0.15, 0.2) is 18.2 Å². The molecule has 0 unspecified atom stereocenters. The SMILES string of the molecule is CC(C)[C@H](C)NC(=O)[C@H](C)N(c1ccc(Cl)c(Cl)c1)S(C)(=O)=O. The summed E-state index contributed by atoms with van der Waals surface area (Å²) in [7, 11) is -3.68. The molecule has 1 rings (SSSR count). The number of anilines is 1. The molecular formula is C15H22Cl2N2O3S. The number of sulfonamides is 1. The molecule has 130 valence electrons. The Hall–Kier alpha value is -0.980. The monoisotopic (exact) mass is 380 g/mol. The van der Waals surface area contributed by atoms with Crippen molar-refractivity contribution < 1.29 is 13.2 Å². The van der Waals surface area contributed by atoms with Crippen LogP contribution >= 0.6 is 23.2 Å². The van der Waals surface area contributed by atoms with Gasteiger partial charge in [0.2, 0.25) is 15.9 Å². The lowest BCUT2D eigenvalue weighted by molar-refractivity contribution is -0.122. The van der Waals surface area contributed by atoms with E-state index in [1.807, 2.05) is 20.8 Å². The number of halogens is 2. The minimum absolute atomic E-state index is 0.0693. The summed E-state index contributed by atoms with van der Waals surface area (Å²) in [5.41, 5.74) is 0.293. The van der Waals surface area contributed by atoms with Crippen molar-refractivity contribution in [3.8, 4) is 0 Å². The minimum atomic E-state index is -3.68. The normalized spacial score (nSPS) is 14.4. The highest BCUT2D eigenvalue weighted by Gasteiger charge is 2.30. The van der Waals surface area contributed by atoms with Gasteiger partial charge in [-0.2, -0.15) is 0 Å². The molecule has 1 aromatic carbocycles. The second-order valence-electron chi connectivity index (χ2n) is 5.87. The number of nitrogens with zero attached hydrogens (tertiary/aromatic N) is 1. The molecule has 1 amide bonds. The first-order chi connectivity index (χ1) is 10.4. The summed E-state index contributed by atoms with van der Waals surface area (Å²) in [5.74, 6) is -0.134. The molecular weight excluding hydrogens is 359 g/mol. The molecule has 0 saturated carbocycles. The van der Waals surface area contributed by atoms with Gasteiger partial charge in [-0.05, 0) is 38.0 Å². The first-order valence-corrected chi connectivity index (χ1v) is 9.80. The lowest BCUT2D eigenvalue weighted by Gasteiger charge is -2.30. The number of rotatable bonds is 6. The summed E-state index contributed by atoms with van der Waals surface area (Å²) in [6, 6.07) is 3.47. The third kappa shape index (κ3) is 5.26. The van der Waals surface area contributed by atoms with Gasteiger partial charge in [-0.3, -0.25) is 9.10 Å². The smallest absolute Gasteiger partial charge is 0.243 e. The van der Waals surface area contributed by atoms with E-state index < -0.39 is 16.1 Å². The van der Waals surface area contributed by atoms with Crippen molar-refractivity contribution in [3.05, 3.63) is 28.2 Å². The van der Waals surface area contributed by atoms with E-state index >= 15 is 0 Å². The number of hydrogen-bond donors (Lipinski definition) is 1. The third-order valence-corrected chi connectivity index (χ3v) is 5.60. The maximum absolute atomic E-state index is 12.4. The van der Waals surface area contributed by atoms with Crippen LogP contribution in [0.4, 0.5) is 5.69 Å². The van der Waals surface area contributed by atoms with Crippen LogP contribution in [0.3, 0.4) is 0 Å². The summed E-state index contributed by atoms with van der Waals surface area (Å²) in [6.45, 7) is 7.36. The van der Waals surface area contributed by atoms with E-state index in [1.54, 1.807) is 0 Å². The Morgan fingerprint density at radius 2 is 1.70 bits per heavy atom. The van der Waals surface area contributed by atoms with Gasteiger partial charge in [-0.1, -0.05) is 37.0 Å². The zero-order chi connectivity index (χ0) is 17.9. The van der Waals surface area contributed by atoms with Crippen LogP contribution in [0.25, 0.3) is 0 Å². The first-order valence-electron chi connectivity index (χ1n) is 7.20. The molecule has 0 aliphatic heterocycles. The molecule has 8 heteroatoms. The first kappa shape index (κ1) is 20.1. The molecule has 1 aromatic rings. The van der Waals surface area contributed by atoms with E-state index in [2.05, 4.69) is 5.32 Å². The average molecular weight is 381 g/mol. The Morgan fingerprint density at radius 1 is 1.13 bits per heavy atom. The van der Waals surface area contributed by atoms with Crippen LogP contribution < -0.4 is 9.62 Å². The van der Waals surface area contributed by atoms with E-state index in [-0.39, 0.29) is 22.9 Å². The predicted molar refractivity (Wildman–Crippen MR) is 95.7 cm³/mol. The van der Waals surface area contributed by atoms with Gasteiger partial charge in [-0.25, -0.2) is 8.42 Å². The maximum Gasteiger partial charge on any atom is 0.243 e. The zero-order valence-corrected chi connectivity index (χ0v) is 16.1. The fourth-order valence-electron chi connectivity index (χ4n) is 1.94. The second kappa shape index (κ2) is 7.73. The third-order valence-electron chi connectivity index (χ3n) is 3.62. The number of carbonyl (C=O) groups excluding carboxylic acids is 1. The molecule has 0 aromatic heterocycles. The highest BCUT2D eigenvalue weighted by atomic mass is 35.5. The molecule has 0 radical (unpaired) electrons. The van der Waals surface area contributed by atoms with Crippen LogP contribution in [0.2, 0.25) is 10.0 Å². The van der Waals surface area contributed by atoms with Crippen LogP contribution in [0, 0.1) is 5.92 Å². The summed E-state index contributed by atoms with van der Waals surface area (Å²) in [6.07, 6.45) is 1.05. The van der Waals surface area contributed by atoms with Crippen molar-refractivity contribution in [3.63, 3.8) is 0 Å². The summed E-state index contributed by atoms with van der Waals surface area (Å²) in [5, 5.41) is 3.36.